The summed E-state index contributed by atoms with van der Waals surface area (Å²) in [4.78, 5) is 11.9. The Balaban J connectivity index is 1.62. The van der Waals surface area contributed by atoms with E-state index in [0.29, 0.717) is 10.0 Å². The van der Waals surface area contributed by atoms with Crippen LogP contribution in [0.1, 0.15) is 38.8 Å². The third kappa shape index (κ3) is 5.27. The molecule has 0 saturated carbocycles. The molecule has 0 unspecified atom stereocenters. The third-order valence-electron chi connectivity index (χ3n) is 7.18. The van der Waals surface area contributed by atoms with E-state index >= 15 is 0 Å². The fraction of sp³-hybridized carbons (Fsp3) is 0.156. The Morgan fingerprint density at radius 2 is 1.43 bits per heavy atom. The van der Waals surface area contributed by atoms with Gasteiger partial charge in [-0.25, -0.2) is 13.2 Å². The molecule has 5 nitrogen and oxygen atoms in total. The summed E-state index contributed by atoms with van der Waals surface area (Å²) in [5.74, 6) is -0.667. The standard InChI is InChI=1S/C32H27Cl2NO4S/c1-21-26(19-20-40(37,38)25-15-13-24(14-16-25)32(36)39-2)29-28(18-17-27(33)30(29)34)35(21)31(22-9-5-3-6-10-22)23-11-7-4-8-12-23/h3-18,31H,19-20H2,1-2H3. The average molecular weight is 593 g/mol. The maximum atomic E-state index is 13.4. The van der Waals surface area contributed by atoms with E-state index in [1.54, 1.807) is 6.07 Å². The molecule has 0 saturated heterocycles. The molecule has 0 aliphatic rings. The number of carbonyl (C=O) groups excluding carboxylic acids is 1. The number of aromatic nitrogens is 1. The lowest BCUT2D eigenvalue weighted by Crippen LogP contribution is -2.14. The van der Waals surface area contributed by atoms with Crippen LogP contribution in [0.2, 0.25) is 10.0 Å². The monoisotopic (exact) mass is 591 g/mol. The fourth-order valence-corrected chi connectivity index (χ4v) is 6.90. The summed E-state index contributed by atoms with van der Waals surface area (Å²) in [5, 5.41) is 1.56. The van der Waals surface area contributed by atoms with Crippen molar-refractivity contribution in [3.63, 3.8) is 0 Å². The number of methoxy groups -OCH3 is 1. The molecule has 0 aliphatic heterocycles. The number of ether oxygens (including phenoxy) is 1. The number of sulfone groups is 1. The minimum absolute atomic E-state index is 0.136. The van der Waals surface area contributed by atoms with Crippen molar-refractivity contribution < 1.29 is 17.9 Å². The van der Waals surface area contributed by atoms with Gasteiger partial charge >= 0.3 is 5.97 Å². The zero-order chi connectivity index (χ0) is 28.4. The van der Waals surface area contributed by atoms with Gasteiger partial charge in [0.2, 0.25) is 0 Å². The van der Waals surface area contributed by atoms with Gasteiger partial charge in [-0.3, -0.25) is 0 Å². The van der Waals surface area contributed by atoms with Crippen molar-refractivity contribution in [2.45, 2.75) is 24.3 Å². The van der Waals surface area contributed by atoms with E-state index in [0.717, 1.165) is 33.3 Å². The summed E-state index contributed by atoms with van der Waals surface area (Å²) in [6, 6.07) is 29.7. The number of benzene rings is 4. The van der Waals surface area contributed by atoms with Crippen molar-refractivity contribution in [2.24, 2.45) is 0 Å². The molecule has 0 radical (unpaired) electrons. The molecular formula is C32H27Cl2NO4S. The number of aryl methyl sites for hydroxylation is 1. The predicted octanol–water partition coefficient (Wildman–Crippen LogP) is 7.70. The van der Waals surface area contributed by atoms with Gasteiger partial charge < -0.3 is 9.30 Å². The topological polar surface area (TPSA) is 65.4 Å². The molecule has 0 fully saturated rings. The van der Waals surface area contributed by atoms with Crippen LogP contribution in [0.4, 0.5) is 0 Å². The highest BCUT2D eigenvalue weighted by molar-refractivity contribution is 7.91. The molecule has 8 heteroatoms. The highest BCUT2D eigenvalue weighted by atomic mass is 35.5. The molecule has 0 bridgehead atoms. The van der Waals surface area contributed by atoms with E-state index < -0.39 is 15.8 Å². The van der Waals surface area contributed by atoms with Crippen LogP contribution < -0.4 is 0 Å². The molecule has 1 heterocycles. The average Bonchev–Trinajstić information content (AvgIpc) is 3.26. The SMILES string of the molecule is COC(=O)c1ccc(S(=O)(=O)CCc2c(C)n(C(c3ccccc3)c3ccccc3)c3ccc(Cl)c(Cl)c23)cc1. The minimum atomic E-state index is -3.67. The summed E-state index contributed by atoms with van der Waals surface area (Å²) in [5.41, 5.74) is 5.07. The summed E-state index contributed by atoms with van der Waals surface area (Å²) in [6.45, 7) is 2.00. The van der Waals surface area contributed by atoms with Gasteiger partial charge in [-0.1, -0.05) is 83.9 Å². The van der Waals surface area contributed by atoms with Crippen LogP contribution in [-0.2, 0) is 21.0 Å². The molecule has 0 N–H and O–H groups in total. The van der Waals surface area contributed by atoms with Crippen molar-refractivity contribution in [2.75, 3.05) is 12.9 Å². The van der Waals surface area contributed by atoms with Gasteiger partial charge in [0.05, 0.1) is 44.9 Å². The highest BCUT2D eigenvalue weighted by Crippen LogP contribution is 2.41. The highest BCUT2D eigenvalue weighted by Gasteiger charge is 2.26. The summed E-state index contributed by atoms with van der Waals surface area (Å²) < 4.78 is 33.6. The van der Waals surface area contributed by atoms with Crippen LogP contribution in [0, 0.1) is 6.92 Å². The molecule has 0 spiro atoms. The molecule has 5 rings (SSSR count). The fourth-order valence-electron chi connectivity index (χ4n) is 5.21. The molecule has 40 heavy (non-hydrogen) atoms. The second-order valence-corrected chi connectivity index (χ2v) is 12.4. The molecule has 1 aromatic heterocycles. The van der Waals surface area contributed by atoms with Gasteiger partial charge in [0, 0.05) is 11.1 Å². The van der Waals surface area contributed by atoms with Crippen molar-refractivity contribution in [1.29, 1.82) is 0 Å². The Morgan fingerprint density at radius 1 is 0.850 bits per heavy atom. The first-order valence-electron chi connectivity index (χ1n) is 12.7. The first kappa shape index (κ1) is 28.0. The Kier molecular flexibility index (Phi) is 8.04. The van der Waals surface area contributed by atoms with Gasteiger partial charge in [-0.05, 0) is 66.4 Å². The van der Waals surface area contributed by atoms with Gasteiger partial charge in [-0.2, -0.15) is 0 Å². The smallest absolute Gasteiger partial charge is 0.337 e. The van der Waals surface area contributed by atoms with Crippen molar-refractivity contribution in [3.05, 3.63) is 135 Å². The van der Waals surface area contributed by atoms with Crippen LogP contribution in [0.15, 0.2) is 102 Å². The van der Waals surface area contributed by atoms with E-state index in [-0.39, 0.29) is 28.7 Å². The van der Waals surface area contributed by atoms with Gasteiger partial charge in [-0.15, -0.1) is 0 Å². The lowest BCUT2D eigenvalue weighted by molar-refractivity contribution is 0.0600. The number of hydrogen-bond acceptors (Lipinski definition) is 4. The Bertz CT molecular complexity index is 1740. The molecule has 0 aliphatic carbocycles. The van der Waals surface area contributed by atoms with Crippen molar-refractivity contribution >= 4 is 49.9 Å². The Labute approximate surface area is 243 Å². The number of hydrogen-bond donors (Lipinski definition) is 0. The largest absolute Gasteiger partial charge is 0.465 e. The first-order chi connectivity index (χ1) is 19.2. The maximum absolute atomic E-state index is 13.4. The predicted molar refractivity (Wildman–Crippen MR) is 160 cm³/mol. The van der Waals surface area contributed by atoms with Crippen LogP contribution in [-0.4, -0.2) is 31.8 Å². The summed E-state index contributed by atoms with van der Waals surface area (Å²) in [6.07, 6.45) is 0.229. The second kappa shape index (κ2) is 11.5. The minimum Gasteiger partial charge on any atom is -0.465 e. The van der Waals surface area contributed by atoms with E-state index in [9.17, 15) is 13.2 Å². The number of esters is 1. The molecule has 0 amide bonds. The third-order valence-corrected chi connectivity index (χ3v) is 9.71. The lowest BCUT2D eigenvalue weighted by Gasteiger charge is -2.23. The lowest BCUT2D eigenvalue weighted by atomic mass is 9.98. The normalized spacial score (nSPS) is 11.7. The first-order valence-corrected chi connectivity index (χ1v) is 15.1. The Hall–Kier alpha value is -3.58. The molecule has 204 valence electrons. The van der Waals surface area contributed by atoms with Crippen LogP contribution in [0.25, 0.3) is 10.9 Å². The number of fused-ring (bicyclic) bond motifs is 1. The summed E-state index contributed by atoms with van der Waals surface area (Å²) in [7, 11) is -2.39. The molecular weight excluding hydrogens is 565 g/mol. The van der Waals surface area contributed by atoms with Crippen LogP contribution in [0.3, 0.4) is 0 Å². The van der Waals surface area contributed by atoms with E-state index in [1.807, 2.05) is 49.4 Å². The number of carbonyl (C=O) groups is 1. The van der Waals surface area contributed by atoms with Gasteiger partial charge in [0.15, 0.2) is 9.84 Å². The van der Waals surface area contributed by atoms with E-state index in [4.69, 9.17) is 27.9 Å². The maximum Gasteiger partial charge on any atom is 0.337 e. The van der Waals surface area contributed by atoms with Crippen molar-refractivity contribution in [1.82, 2.24) is 4.57 Å². The Morgan fingerprint density at radius 3 is 1.98 bits per heavy atom. The summed E-state index contributed by atoms with van der Waals surface area (Å²) >= 11 is 13.3. The zero-order valence-corrected chi connectivity index (χ0v) is 24.3. The van der Waals surface area contributed by atoms with E-state index in [2.05, 4.69) is 28.8 Å². The van der Waals surface area contributed by atoms with Crippen molar-refractivity contribution in [3.8, 4) is 0 Å². The zero-order valence-electron chi connectivity index (χ0n) is 22.0. The molecule has 4 aromatic carbocycles. The molecule has 0 atom stereocenters. The van der Waals surface area contributed by atoms with E-state index in [1.165, 1.54) is 31.4 Å². The second-order valence-electron chi connectivity index (χ2n) is 9.50. The molecule has 5 aromatic rings. The number of rotatable bonds is 8. The van der Waals surface area contributed by atoms with Crippen LogP contribution >= 0.6 is 23.2 Å². The quantitative estimate of drug-likeness (QED) is 0.173. The van der Waals surface area contributed by atoms with Gasteiger partial charge in [0.25, 0.3) is 0 Å². The van der Waals surface area contributed by atoms with Crippen LogP contribution in [0.5, 0.6) is 0 Å². The number of halogens is 2. The van der Waals surface area contributed by atoms with Gasteiger partial charge in [0.1, 0.15) is 0 Å². The number of nitrogens with zero attached hydrogens (tertiary/aromatic N) is 1.